The van der Waals surface area contributed by atoms with Crippen molar-refractivity contribution >= 4 is 39.3 Å². The van der Waals surface area contributed by atoms with Gasteiger partial charge in [0.2, 0.25) is 0 Å². The average molecular weight is 413 g/mol. The zero-order valence-electron chi connectivity index (χ0n) is 16.2. The lowest BCUT2D eigenvalue weighted by Gasteiger charge is -2.18. The van der Waals surface area contributed by atoms with Gasteiger partial charge in [0, 0.05) is 10.3 Å². The number of nitrogens with zero attached hydrogens (tertiary/aromatic N) is 2. The molecule has 0 bridgehead atoms. The number of carbonyl (C=O) groups excluding carboxylic acids is 1. The summed E-state index contributed by atoms with van der Waals surface area (Å²) in [7, 11) is 0. The number of benzene rings is 1. The quantitative estimate of drug-likeness (QED) is 0.307. The van der Waals surface area contributed by atoms with Gasteiger partial charge in [0.05, 0.1) is 0 Å². The number of aromatic nitrogens is 2. The number of hydrogen-bond donors (Lipinski definition) is 0. The summed E-state index contributed by atoms with van der Waals surface area (Å²) in [5, 5.41) is 1.81. The summed E-state index contributed by atoms with van der Waals surface area (Å²) < 4.78 is 5.57. The summed E-state index contributed by atoms with van der Waals surface area (Å²) in [6.07, 6.45) is 5.73. The molecule has 0 fully saturated rings. The lowest BCUT2D eigenvalue weighted by atomic mass is 9.89. The smallest absolute Gasteiger partial charge is 0.319 e. The summed E-state index contributed by atoms with van der Waals surface area (Å²) >= 11 is 3.31. The molecule has 4 rings (SSSR count). The fourth-order valence-corrected chi connectivity index (χ4v) is 6.05. The van der Waals surface area contributed by atoms with E-state index in [0.717, 1.165) is 39.6 Å². The van der Waals surface area contributed by atoms with Gasteiger partial charge in [-0.25, -0.2) is 9.97 Å². The van der Waals surface area contributed by atoms with E-state index in [1.807, 2.05) is 37.3 Å². The van der Waals surface area contributed by atoms with E-state index >= 15 is 0 Å². The number of thiophene rings is 1. The number of rotatable bonds is 6. The third-order valence-electron chi connectivity index (χ3n) is 5.17. The maximum Gasteiger partial charge on any atom is 0.319 e. The second kappa shape index (κ2) is 8.62. The first kappa shape index (κ1) is 19.4. The van der Waals surface area contributed by atoms with Gasteiger partial charge in [-0.15, -0.1) is 11.3 Å². The van der Waals surface area contributed by atoms with Crippen LogP contribution in [0.1, 0.15) is 42.7 Å². The highest BCUT2D eigenvalue weighted by Crippen LogP contribution is 2.41. The standard InChI is InChI=1S/C22H24N2O2S2/c1-3-17(22(25)26-12-15-7-5-4-6-8-15)27-20-19-16-10-9-14(2)11-18(16)28-21(19)24-13-23-20/h4-8,13-14,17H,3,9-12H2,1-2H3. The third-order valence-corrected chi connectivity index (χ3v) is 7.67. The van der Waals surface area contributed by atoms with Crippen LogP contribution < -0.4 is 0 Å². The Labute approximate surface area is 173 Å². The second-order valence-corrected chi connectivity index (χ2v) is 9.59. The maximum atomic E-state index is 12.7. The van der Waals surface area contributed by atoms with Crippen LogP contribution in [0, 0.1) is 5.92 Å². The molecule has 2 atom stereocenters. The lowest BCUT2D eigenvalue weighted by Crippen LogP contribution is -2.19. The van der Waals surface area contributed by atoms with Gasteiger partial charge in [0.25, 0.3) is 0 Å². The van der Waals surface area contributed by atoms with E-state index in [4.69, 9.17) is 4.74 Å². The van der Waals surface area contributed by atoms with Gasteiger partial charge >= 0.3 is 5.97 Å². The van der Waals surface area contributed by atoms with Crippen molar-refractivity contribution in [1.29, 1.82) is 0 Å². The highest BCUT2D eigenvalue weighted by molar-refractivity contribution is 8.00. The largest absolute Gasteiger partial charge is 0.460 e. The maximum absolute atomic E-state index is 12.7. The van der Waals surface area contributed by atoms with Crippen molar-refractivity contribution in [3.8, 4) is 0 Å². The number of esters is 1. The minimum atomic E-state index is -0.264. The molecule has 146 valence electrons. The zero-order valence-corrected chi connectivity index (χ0v) is 17.8. The summed E-state index contributed by atoms with van der Waals surface area (Å²) in [4.78, 5) is 24.2. The molecule has 1 aromatic carbocycles. The molecular formula is C22H24N2O2S2. The highest BCUT2D eigenvalue weighted by Gasteiger charge is 2.26. The molecule has 2 aromatic heterocycles. The Hall–Kier alpha value is -1.92. The first-order chi connectivity index (χ1) is 13.7. The fraction of sp³-hybridized carbons (Fsp3) is 0.409. The Morgan fingerprint density at radius 1 is 1.32 bits per heavy atom. The van der Waals surface area contributed by atoms with Crippen molar-refractivity contribution in [2.24, 2.45) is 5.92 Å². The molecule has 0 spiro atoms. The Kier molecular flexibility index (Phi) is 5.97. The van der Waals surface area contributed by atoms with Crippen LogP contribution in [-0.4, -0.2) is 21.2 Å². The second-order valence-electron chi connectivity index (χ2n) is 7.32. The number of ether oxygens (including phenoxy) is 1. The van der Waals surface area contributed by atoms with E-state index in [1.165, 1.54) is 28.6 Å². The van der Waals surface area contributed by atoms with Crippen LogP contribution in [0.2, 0.25) is 0 Å². The molecule has 0 N–H and O–H groups in total. The zero-order chi connectivity index (χ0) is 19.5. The van der Waals surface area contributed by atoms with Crippen molar-refractivity contribution in [3.05, 3.63) is 52.7 Å². The SMILES string of the molecule is CCC(Sc1ncnc2sc3c(c12)CCC(C)C3)C(=O)OCc1ccccc1. The molecule has 0 amide bonds. The summed E-state index contributed by atoms with van der Waals surface area (Å²) in [5.74, 6) is 0.543. The third kappa shape index (κ3) is 4.08. The van der Waals surface area contributed by atoms with Crippen LogP contribution in [0.4, 0.5) is 0 Å². The number of thioether (sulfide) groups is 1. The van der Waals surface area contributed by atoms with E-state index in [-0.39, 0.29) is 11.2 Å². The molecule has 6 heteroatoms. The fourth-order valence-electron chi connectivity index (χ4n) is 3.59. The Morgan fingerprint density at radius 2 is 2.14 bits per heavy atom. The minimum absolute atomic E-state index is 0.180. The topological polar surface area (TPSA) is 52.1 Å². The lowest BCUT2D eigenvalue weighted by molar-refractivity contribution is -0.144. The number of fused-ring (bicyclic) bond motifs is 3. The molecule has 0 saturated heterocycles. The van der Waals surface area contributed by atoms with Crippen molar-refractivity contribution in [3.63, 3.8) is 0 Å². The molecular weight excluding hydrogens is 388 g/mol. The predicted molar refractivity (Wildman–Crippen MR) is 115 cm³/mol. The average Bonchev–Trinajstić information content (AvgIpc) is 3.09. The molecule has 2 heterocycles. The monoisotopic (exact) mass is 412 g/mol. The van der Waals surface area contributed by atoms with Crippen LogP contribution in [0.3, 0.4) is 0 Å². The van der Waals surface area contributed by atoms with Crippen molar-refractivity contribution in [2.75, 3.05) is 0 Å². The Balaban J connectivity index is 1.53. The number of carbonyl (C=O) groups is 1. The van der Waals surface area contributed by atoms with Gasteiger partial charge < -0.3 is 4.74 Å². The van der Waals surface area contributed by atoms with E-state index in [1.54, 1.807) is 17.7 Å². The first-order valence-corrected chi connectivity index (χ1v) is 11.5. The van der Waals surface area contributed by atoms with Gasteiger partial charge in [-0.2, -0.15) is 0 Å². The number of aryl methyl sites for hydroxylation is 1. The molecule has 0 aliphatic heterocycles. The first-order valence-electron chi connectivity index (χ1n) is 9.78. The highest BCUT2D eigenvalue weighted by atomic mass is 32.2. The van der Waals surface area contributed by atoms with E-state index in [2.05, 4.69) is 16.9 Å². The van der Waals surface area contributed by atoms with Crippen LogP contribution in [-0.2, 0) is 29.0 Å². The predicted octanol–water partition coefficient (Wildman–Crippen LogP) is 5.43. The molecule has 0 radical (unpaired) electrons. The van der Waals surface area contributed by atoms with Gasteiger partial charge in [-0.1, -0.05) is 55.9 Å². The van der Waals surface area contributed by atoms with E-state index in [0.29, 0.717) is 13.0 Å². The van der Waals surface area contributed by atoms with Gasteiger partial charge in [-0.3, -0.25) is 4.79 Å². The van der Waals surface area contributed by atoms with Crippen molar-refractivity contribution in [1.82, 2.24) is 9.97 Å². The van der Waals surface area contributed by atoms with Gasteiger partial charge in [-0.05, 0) is 42.7 Å². The number of hydrogen-bond acceptors (Lipinski definition) is 6. The van der Waals surface area contributed by atoms with Crippen LogP contribution in [0.15, 0.2) is 41.7 Å². The van der Waals surface area contributed by atoms with Crippen LogP contribution in [0.25, 0.3) is 10.2 Å². The summed E-state index contributed by atoms with van der Waals surface area (Å²) in [6, 6.07) is 9.79. The molecule has 1 aliphatic rings. The molecule has 1 aliphatic carbocycles. The summed E-state index contributed by atoms with van der Waals surface area (Å²) in [5.41, 5.74) is 2.40. The molecule has 0 saturated carbocycles. The molecule has 28 heavy (non-hydrogen) atoms. The van der Waals surface area contributed by atoms with Crippen molar-refractivity contribution in [2.45, 2.75) is 56.4 Å². The Bertz CT molecular complexity index is 971. The van der Waals surface area contributed by atoms with E-state index in [9.17, 15) is 4.79 Å². The van der Waals surface area contributed by atoms with Crippen LogP contribution in [0.5, 0.6) is 0 Å². The molecule has 3 aromatic rings. The van der Waals surface area contributed by atoms with E-state index < -0.39 is 0 Å². The normalized spacial score (nSPS) is 17.3. The minimum Gasteiger partial charge on any atom is -0.460 e. The van der Waals surface area contributed by atoms with Gasteiger partial charge in [0.1, 0.15) is 28.0 Å². The summed E-state index contributed by atoms with van der Waals surface area (Å²) in [6.45, 7) is 4.64. The molecule has 2 unspecified atom stereocenters. The van der Waals surface area contributed by atoms with Crippen LogP contribution >= 0.6 is 23.1 Å². The Morgan fingerprint density at radius 3 is 2.93 bits per heavy atom. The molecule has 4 nitrogen and oxygen atoms in total. The van der Waals surface area contributed by atoms with Crippen molar-refractivity contribution < 1.29 is 9.53 Å². The van der Waals surface area contributed by atoms with Gasteiger partial charge in [0.15, 0.2) is 0 Å².